The second kappa shape index (κ2) is 7.97. The predicted molar refractivity (Wildman–Crippen MR) is 113 cm³/mol. The van der Waals surface area contributed by atoms with Crippen molar-refractivity contribution in [1.82, 2.24) is 9.97 Å². The highest BCUT2D eigenvalue weighted by Gasteiger charge is 2.18. The molecular formula is C22H18FN3O2S. The van der Waals surface area contributed by atoms with Crippen LogP contribution in [-0.2, 0) is 4.79 Å². The van der Waals surface area contributed by atoms with Gasteiger partial charge in [-0.25, -0.2) is 14.4 Å². The molecule has 146 valence electrons. The second-order valence-corrected chi connectivity index (χ2v) is 7.51. The monoisotopic (exact) mass is 407 g/mol. The highest BCUT2D eigenvalue weighted by Crippen LogP contribution is 2.33. The van der Waals surface area contributed by atoms with Crippen molar-refractivity contribution >= 4 is 33.3 Å². The molecule has 0 aliphatic rings. The Hall–Kier alpha value is -3.32. The average Bonchev–Trinajstić information content (AvgIpc) is 3.15. The number of carbonyl (C=O) groups excluding carboxylic acids is 1. The van der Waals surface area contributed by atoms with Crippen LogP contribution in [0.2, 0.25) is 0 Å². The van der Waals surface area contributed by atoms with E-state index in [9.17, 15) is 9.18 Å². The summed E-state index contributed by atoms with van der Waals surface area (Å²) in [5, 5.41) is 3.76. The van der Waals surface area contributed by atoms with Gasteiger partial charge in [-0.3, -0.25) is 4.79 Å². The minimum Gasteiger partial charge on any atom is -0.481 e. The minimum atomic E-state index is -0.741. The second-order valence-electron chi connectivity index (χ2n) is 6.53. The topological polar surface area (TPSA) is 64.1 Å². The SMILES string of the molecule is Cc1c(NC(=O)C(C)Oc2ccc(F)cc2)cccc1-c1nc2cccnc2s1. The number of hydrogen-bond donors (Lipinski definition) is 1. The van der Waals surface area contributed by atoms with E-state index >= 15 is 0 Å². The number of carbonyl (C=O) groups is 1. The molecule has 2 aromatic heterocycles. The van der Waals surface area contributed by atoms with Crippen LogP contribution in [0.5, 0.6) is 5.75 Å². The molecule has 0 radical (unpaired) electrons. The van der Waals surface area contributed by atoms with Crippen molar-refractivity contribution < 1.29 is 13.9 Å². The highest BCUT2D eigenvalue weighted by atomic mass is 32.1. The standard InChI is InChI=1S/C22H18FN3O2S/c1-13-17(21-26-19-7-4-12-24-22(19)29-21)5-3-6-18(13)25-20(27)14(2)28-16-10-8-15(23)9-11-16/h3-12,14H,1-2H3,(H,25,27). The van der Waals surface area contributed by atoms with Gasteiger partial charge < -0.3 is 10.1 Å². The van der Waals surface area contributed by atoms with E-state index < -0.39 is 6.10 Å². The first-order valence-corrected chi connectivity index (χ1v) is 9.87. The number of amides is 1. The van der Waals surface area contributed by atoms with E-state index in [0.717, 1.165) is 26.5 Å². The molecule has 2 aromatic carbocycles. The van der Waals surface area contributed by atoms with Gasteiger partial charge in [0.25, 0.3) is 5.91 Å². The predicted octanol–water partition coefficient (Wildman–Crippen LogP) is 5.21. The van der Waals surface area contributed by atoms with Gasteiger partial charge in [-0.15, -0.1) is 0 Å². The van der Waals surface area contributed by atoms with Crippen molar-refractivity contribution in [2.24, 2.45) is 0 Å². The Morgan fingerprint density at radius 3 is 2.69 bits per heavy atom. The lowest BCUT2D eigenvalue weighted by Gasteiger charge is -2.16. The van der Waals surface area contributed by atoms with Crippen molar-refractivity contribution in [2.45, 2.75) is 20.0 Å². The summed E-state index contributed by atoms with van der Waals surface area (Å²) in [6.07, 6.45) is 1.01. The van der Waals surface area contributed by atoms with Gasteiger partial charge in [-0.2, -0.15) is 0 Å². The van der Waals surface area contributed by atoms with Crippen LogP contribution in [0.4, 0.5) is 10.1 Å². The summed E-state index contributed by atoms with van der Waals surface area (Å²) < 4.78 is 18.6. The number of benzene rings is 2. The van der Waals surface area contributed by atoms with Crippen molar-refractivity contribution in [3.8, 4) is 16.3 Å². The van der Waals surface area contributed by atoms with Gasteiger partial charge in [0.1, 0.15) is 26.9 Å². The van der Waals surface area contributed by atoms with Crippen LogP contribution in [0.1, 0.15) is 12.5 Å². The maximum atomic E-state index is 13.0. The van der Waals surface area contributed by atoms with Crippen LogP contribution in [0.25, 0.3) is 20.9 Å². The number of halogens is 1. The third kappa shape index (κ3) is 4.09. The molecule has 1 unspecified atom stereocenters. The number of nitrogens with one attached hydrogen (secondary N) is 1. The number of aromatic nitrogens is 2. The van der Waals surface area contributed by atoms with Crippen LogP contribution in [0.15, 0.2) is 60.8 Å². The Balaban J connectivity index is 1.53. The fourth-order valence-electron chi connectivity index (χ4n) is 2.89. The molecule has 0 saturated carbocycles. The lowest BCUT2D eigenvalue weighted by atomic mass is 10.1. The number of rotatable bonds is 5. The van der Waals surface area contributed by atoms with Gasteiger partial charge in [0.15, 0.2) is 6.10 Å². The zero-order valence-corrected chi connectivity index (χ0v) is 16.7. The zero-order valence-electron chi connectivity index (χ0n) is 15.8. The Morgan fingerprint density at radius 1 is 1.14 bits per heavy atom. The Labute approximate surface area is 171 Å². The van der Waals surface area contributed by atoms with E-state index in [1.54, 1.807) is 13.1 Å². The molecule has 0 fully saturated rings. The number of nitrogens with zero attached hydrogens (tertiary/aromatic N) is 2. The molecule has 0 spiro atoms. The molecule has 0 aliphatic carbocycles. The fraction of sp³-hybridized carbons (Fsp3) is 0.136. The average molecular weight is 407 g/mol. The summed E-state index contributed by atoms with van der Waals surface area (Å²) in [4.78, 5) is 22.5. The van der Waals surface area contributed by atoms with Crippen molar-refractivity contribution in [3.05, 3.63) is 72.2 Å². The molecule has 7 heteroatoms. The van der Waals surface area contributed by atoms with Gasteiger partial charge in [-0.1, -0.05) is 23.5 Å². The summed E-state index contributed by atoms with van der Waals surface area (Å²) in [7, 11) is 0. The van der Waals surface area contributed by atoms with E-state index in [1.165, 1.54) is 35.6 Å². The van der Waals surface area contributed by atoms with Gasteiger partial charge in [0.2, 0.25) is 0 Å². The van der Waals surface area contributed by atoms with E-state index in [1.807, 2.05) is 37.3 Å². The number of pyridine rings is 1. The Morgan fingerprint density at radius 2 is 1.93 bits per heavy atom. The number of anilines is 1. The van der Waals surface area contributed by atoms with Gasteiger partial charge in [-0.05, 0) is 61.9 Å². The van der Waals surface area contributed by atoms with Crippen LogP contribution >= 0.6 is 11.3 Å². The molecule has 0 aliphatic heterocycles. The number of ether oxygens (including phenoxy) is 1. The van der Waals surface area contributed by atoms with Crippen LogP contribution in [0, 0.1) is 12.7 Å². The van der Waals surface area contributed by atoms with Crippen molar-refractivity contribution in [1.29, 1.82) is 0 Å². The minimum absolute atomic E-state index is 0.291. The number of hydrogen-bond acceptors (Lipinski definition) is 5. The third-order valence-corrected chi connectivity index (χ3v) is 5.50. The summed E-state index contributed by atoms with van der Waals surface area (Å²) in [5.74, 6) is -0.214. The molecule has 5 nitrogen and oxygen atoms in total. The first-order valence-electron chi connectivity index (χ1n) is 9.06. The summed E-state index contributed by atoms with van der Waals surface area (Å²) in [5.41, 5.74) is 3.39. The molecule has 4 rings (SSSR count). The van der Waals surface area contributed by atoms with Crippen LogP contribution in [-0.4, -0.2) is 22.0 Å². The van der Waals surface area contributed by atoms with Gasteiger partial charge in [0, 0.05) is 17.4 Å². The van der Waals surface area contributed by atoms with Crippen molar-refractivity contribution in [3.63, 3.8) is 0 Å². The zero-order chi connectivity index (χ0) is 20.4. The first-order chi connectivity index (χ1) is 14.0. The molecule has 2 heterocycles. The summed E-state index contributed by atoms with van der Waals surface area (Å²) in [6, 6.07) is 15.0. The van der Waals surface area contributed by atoms with Crippen LogP contribution in [0.3, 0.4) is 0 Å². The quantitative estimate of drug-likeness (QED) is 0.493. The van der Waals surface area contributed by atoms with Gasteiger partial charge >= 0.3 is 0 Å². The number of thiazole rings is 1. The molecule has 4 aromatic rings. The lowest BCUT2D eigenvalue weighted by Crippen LogP contribution is -2.30. The highest BCUT2D eigenvalue weighted by molar-refractivity contribution is 7.21. The van der Waals surface area contributed by atoms with Gasteiger partial charge in [0.05, 0.1) is 0 Å². The third-order valence-electron chi connectivity index (χ3n) is 4.48. The Bertz CT molecular complexity index is 1140. The molecule has 1 atom stereocenters. The molecule has 29 heavy (non-hydrogen) atoms. The van der Waals surface area contributed by atoms with Crippen molar-refractivity contribution in [2.75, 3.05) is 5.32 Å². The summed E-state index contributed by atoms with van der Waals surface area (Å²) >= 11 is 1.51. The smallest absolute Gasteiger partial charge is 0.265 e. The molecule has 0 bridgehead atoms. The van der Waals surface area contributed by atoms with Crippen LogP contribution < -0.4 is 10.1 Å². The first kappa shape index (κ1) is 19.0. The fourth-order valence-corrected chi connectivity index (χ4v) is 3.88. The molecule has 1 N–H and O–H groups in total. The van der Waals surface area contributed by atoms with E-state index in [4.69, 9.17) is 4.74 Å². The maximum absolute atomic E-state index is 13.0. The van der Waals surface area contributed by atoms with E-state index in [0.29, 0.717) is 11.4 Å². The molecular weight excluding hydrogens is 389 g/mol. The largest absolute Gasteiger partial charge is 0.481 e. The molecule has 1 amide bonds. The summed E-state index contributed by atoms with van der Waals surface area (Å²) in [6.45, 7) is 3.59. The van der Waals surface area contributed by atoms with E-state index in [2.05, 4.69) is 15.3 Å². The normalized spacial score (nSPS) is 12.0. The van der Waals surface area contributed by atoms with E-state index in [-0.39, 0.29) is 11.7 Å². The number of fused-ring (bicyclic) bond motifs is 1. The maximum Gasteiger partial charge on any atom is 0.265 e. The Kier molecular flexibility index (Phi) is 5.22. The molecule has 0 saturated heterocycles. The lowest BCUT2D eigenvalue weighted by molar-refractivity contribution is -0.122.